The normalized spacial score (nSPS) is 11.1. The molecule has 0 atom stereocenters. The molecule has 0 N–H and O–H groups in total. The number of benzene rings is 8. The van der Waals surface area contributed by atoms with Gasteiger partial charge in [-0.05, 0) is 76.4 Å². The molecule has 8 aromatic carbocycles. The molecule has 9 rings (SSSR count). The molecule has 0 radical (unpaired) electrons. The smallest absolute Gasteiger partial charge is 0.0561 e. The Kier molecular flexibility index (Phi) is 8.24. The van der Waals surface area contributed by atoms with Crippen molar-refractivity contribution in [3.8, 4) is 5.69 Å². The van der Waals surface area contributed by atoms with Crippen LogP contribution in [0.25, 0.3) is 38.6 Å². The minimum atomic E-state index is 1.08. The van der Waals surface area contributed by atoms with Crippen LogP contribution >= 0.6 is 0 Å². The van der Waals surface area contributed by atoms with Gasteiger partial charge in [0.05, 0.1) is 16.7 Å². The number of hydrogen-bond donors (Lipinski definition) is 0. The van der Waals surface area contributed by atoms with Crippen LogP contribution < -0.4 is 4.90 Å². The van der Waals surface area contributed by atoms with Gasteiger partial charge in [-0.25, -0.2) is 0 Å². The maximum Gasteiger partial charge on any atom is 0.0561 e. The topological polar surface area (TPSA) is 8.17 Å². The van der Waals surface area contributed by atoms with E-state index in [1.807, 2.05) is 0 Å². The third-order valence-electron chi connectivity index (χ3n) is 9.80. The van der Waals surface area contributed by atoms with Crippen molar-refractivity contribution < 1.29 is 0 Å². The fourth-order valence-electron chi connectivity index (χ4n) is 7.54. The summed E-state index contributed by atoms with van der Waals surface area (Å²) in [4.78, 5) is 2.42. The molecule has 0 saturated carbocycles. The Morgan fingerprint density at radius 2 is 0.827 bits per heavy atom. The van der Waals surface area contributed by atoms with Crippen LogP contribution in [-0.2, 0) is 0 Å². The highest BCUT2D eigenvalue weighted by Gasteiger charge is 2.23. The van der Waals surface area contributed by atoms with Crippen molar-refractivity contribution in [1.29, 1.82) is 0 Å². The summed E-state index contributed by atoms with van der Waals surface area (Å²) >= 11 is 0. The first-order valence-corrected chi connectivity index (χ1v) is 17.8. The average Bonchev–Trinajstić information content (AvgIpc) is 3.56. The summed E-state index contributed by atoms with van der Waals surface area (Å²) in [5.41, 5.74) is 13.8. The van der Waals surface area contributed by atoms with Crippen LogP contribution in [0.1, 0.15) is 22.3 Å². The highest BCUT2D eigenvalue weighted by Crippen LogP contribution is 2.45. The lowest BCUT2D eigenvalue weighted by Crippen LogP contribution is -2.13. The second-order valence-corrected chi connectivity index (χ2v) is 12.9. The van der Waals surface area contributed by atoms with Gasteiger partial charge in [-0.2, -0.15) is 0 Å². The molecule has 1 aromatic heterocycles. The zero-order valence-corrected chi connectivity index (χ0v) is 28.7. The molecule has 246 valence electrons. The summed E-state index contributed by atoms with van der Waals surface area (Å²) in [5, 5.41) is 2.47. The fraction of sp³-hybridized carbons (Fsp3) is 0. The molecule has 0 saturated heterocycles. The lowest BCUT2D eigenvalue weighted by molar-refractivity contribution is 1.18. The van der Waals surface area contributed by atoms with E-state index in [4.69, 9.17) is 0 Å². The van der Waals surface area contributed by atoms with Gasteiger partial charge in [-0.3, -0.25) is 0 Å². The number of rotatable bonds is 8. The minimum absolute atomic E-state index is 1.08. The number of anilines is 3. The fourth-order valence-corrected chi connectivity index (χ4v) is 7.54. The van der Waals surface area contributed by atoms with E-state index in [-0.39, 0.29) is 0 Å². The first-order chi connectivity index (χ1) is 25.8. The molecule has 0 amide bonds. The summed E-state index contributed by atoms with van der Waals surface area (Å²) in [6.07, 6.45) is 0. The maximum absolute atomic E-state index is 2.42. The molecule has 0 aliphatic carbocycles. The predicted molar refractivity (Wildman–Crippen MR) is 220 cm³/mol. The van der Waals surface area contributed by atoms with Crippen LogP contribution in [0.15, 0.2) is 218 Å². The van der Waals surface area contributed by atoms with E-state index in [9.17, 15) is 0 Å². The van der Waals surface area contributed by atoms with Gasteiger partial charge in [-0.15, -0.1) is 0 Å². The van der Waals surface area contributed by atoms with Crippen LogP contribution in [0, 0.1) is 0 Å². The third kappa shape index (κ3) is 5.67. The lowest BCUT2D eigenvalue weighted by Gasteiger charge is -2.29. The molecule has 1 heterocycles. The van der Waals surface area contributed by atoms with Crippen molar-refractivity contribution in [3.05, 3.63) is 241 Å². The predicted octanol–water partition coefficient (Wildman–Crippen LogP) is 13.3. The van der Waals surface area contributed by atoms with Gasteiger partial charge in [0.25, 0.3) is 0 Å². The van der Waals surface area contributed by atoms with E-state index >= 15 is 0 Å². The Hall–Kier alpha value is -6.90. The van der Waals surface area contributed by atoms with Crippen molar-refractivity contribution in [1.82, 2.24) is 4.57 Å². The van der Waals surface area contributed by atoms with E-state index < -0.39 is 0 Å². The summed E-state index contributed by atoms with van der Waals surface area (Å²) in [7, 11) is 0. The Morgan fingerprint density at radius 1 is 0.346 bits per heavy atom. The Morgan fingerprint density at radius 3 is 1.46 bits per heavy atom. The average molecular weight is 665 g/mol. The molecule has 0 fully saturated rings. The zero-order chi connectivity index (χ0) is 34.7. The van der Waals surface area contributed by atoms with Crippen LogP contribution in [0.3, 0.4) is 0 Å². The van der Waals surface area contributed by atoms with Crippen molar-refractivity contribution >= 4 is 50.0 Å². The summed E-state index contributed by atoms with van der Waals surface area (Å²) in [5.74, 6) is 0. The van der Waals surface area contributed by atoms with Crippen LogP contribution in [0.4, 0.5) is 17.1 Å². The van der Waals surface area contributed by atoms with Gasteiger partial charge in [0, 0.05) is 33.4 Å². The van der Waals surface area contributed by atoms with Crippen molar-refractivity contribution in [2.24, 2.45) is 0 Å². The number of para-hydroxylation sites is 4. The largest absolute Gasteiger partial charge is 0.310 e. The van der Waals surface area contributed by atoms with Crippen LogP contribution in [0.5, 0.6) is 0 Å². The Balaban J connectivity index is 1.36. The molecule has 0 unspecified atom stereocenters. The van der Waals surface area contributed by atoms with Crippen LogP contribution in [-0.4, -0.2) is 4.57 Å². The summed E-state index contributed by atoms with van der Waals surface area (Å²) in [6.45, 7) is 0. The van der Waals surface area contributed by atoms with Crippen molar-refractivity contribution in [2.45, 2.75) is 0 Å². The third-order valence-corrected chi connectivity index (χ3v) is 9.80. The second-order valence-electron chi connectivity index (χ2n) is 12.9. The molecule has 2 heteroatoms. The van der Waals surface area contributed by atoms with Gasteiger partial charge in [0.1, 0.15) is 0 Å². The lowest BCUT2D eigenvalue weighted by atomic mass is 9.85. The first-order valence-electron chi connectivity index (χ1n) is 17.8. The second kappa shape index (κ2) is 13.8. The van der Waals surface area contributed by atoms with Crippen LogP contribution in [0.2, 0.25) is 0 Å². The molecule has 9 aromatic rings. The Bertz CT molecular complexity index is 2600. The number of hydrogen-bond acceptors (Lipinski definition) is 1. The Labute approximate surface area is 304 Å². The van der Waals surface area contributed by atoms with E-state index in [0.29, 0.717) is 0 Å². The number of nitrogens with zero attached hydrogens (tertiary/aromatic N) is 2. The van der Waals surface area contributed by atoms with Gasteiger partial charge in [0.2, 0.25) is 0 Å². The van der Waals surface area contributed by atoms with Gasteiger partial charge in [0.15, 0.2) is 0 Å². The molecule has 0 aliphatic rings. The van der Waals surface area contributed by atoms with E-state index in [0.717, 1.165) is 39.4 Å². The van der Waals surface area contributed by atoms with Crippen molar-refractivity contribution in [2.75, 3.05) is 4.90 Å². The standard InChI is InChI=1S/C50H36N2/c1-6-20-37(21-7-1)49(38-22-8-2-9-23-38)50(39-24-10-3-11-25-39)45-31-17-19-33-47(45)51(40-26-12-4-13-27-40)42-34-35-44-43-30-16-18-32-46(43)52(48(44)36-42)41-28-14-5-15-29-41/h1-36H. The van der Waals surface area contributed by atoms with E-state index in [1.165, 1.54) is 38.6 Å². The molecular formula is C50H36N2. The number of fused-ring (bicyclic) bond motifs is 3. The molecule has 52 heavy (non-hydrogen) atoms. The highest BCUT2D eigenvalue weighted by molar-refractivity contribution is 6.11. The maximum atomic E-state index is 2.42. The van der Waals surface area contributed by atoms with E-state index in [1.54, 1.807) is 0 Å². The molecule has 0 spiro atoms. The molecular weight excluding hydrogens is 629 g/mol. The van der Waals surface area contributed by atoms with Gasteiger partial charge < -0.3 is 9.47 Å². The minimum Gasteiger partial charge on any atom is -0.310 e. The molecule has 0 aliphatic heterocycles. The van der Waals surface area contributed by atoms with Gasteiger partial charge >= 0.3 is 0 Å². The SMILES string of the molecule is c1ccc(C(=C(c2ccccc2)c2ccccc2N(c2ccccc2)c2ccc3c4ccccc4n(-c4ccccc4)c3c2)c2ccccc2)cc1. The zero-order valence-electron chi connectivity index (χ0n) is 28.7. The van der Waals surface area contributed by atoms with Crippen molar-refractivity contribution in [3.63, 3.8) is 0 Å². The van der Waals surface area contributed by atoms with E-state index in [2.05, 4.69) is 228 Å². The monoisotopic (exact) mass is 664 g/mol. The summed E-state index contributed by atoms with van der Waals surface area (Å²) in [6, 6.07) is 78.3. The van der Waals surface area contributed by atoms with Gasteiger partial charge in [-0.1, -0.05) is 170 Å². The first kappa shape index (κ1) is 31.1. The quantitative estimate of drug-likeness (QED) is 0.147. The summed E-state index contributed by atoms with van der Waals surface area (Å²) < 4.78 is 2.39. The molecule has 0 bridgehead atoms. The molecule has 2 nitrogen and oxygen atoms in total. The number of aromatic nitrogens is 1. The highest BCUT2D eigenvalue weighted by atomic mass is 15.1.